The molecule has 3 aliphatic carbocycles. The molecule has 2 heteroatoms. The van der Waals surface area contributed by atoms with Crippen molar-refractivity contribution in [1.82, 2.24) is 0 Å². The van der Waals surface area contributed by atoms with E-state index in [4.69, 9.17) is 0 Å². The van der Waals surface area contributed by atoms with Crippen molar-refractivity contribution in [3.63, 3.8) is 0 Å². The smallest absolute Gasteiger partial charge is 0.198 e. The van der Waals surface area contributed by atoms with Crippen LogP contribution in [-0.2, 0) is 0 Å². The normalized spacial score (nSPS) is 48.6. The van der Waals surface area contributed by atoms with Crippen LogP contribution < -0.4 is 0 Å². The Labute approximate surface area is 126 Å². The molecule has 3 aliphatic rings. The van der Waals surface area contributed by atoms with Gasteiger partial charge >= 0.3 is 0 Å². The van der Waals surface area contributed by atoms with Crippen LogP contribution in [0.15, 0.2) is 0 Å². The first-order chi connectivity index (χ1) is 9.55. The van der Waals surface area contributed by atoms with E-state index in [0.29, 0.717) is 0 Å². The Morgan fingerprint density at radius 1 is 0.600 bits per heavy atom. The van der Waals surface area contributed by atoms with Gasteiger partial charge in [-0.1, -0.05) is 78.6 Å². The van der Waals surface area contributed by atoms with Crippen molar-refractivity contribution >= 4 is 8.32 Å². The molecule has 6 unspecified atom stereocenters. The highest BCUT2D eigenvalue weighted by Crippen LogP contribution is 2.61. The van der Waals surface area contributed by atoms with Gasteiger partial charge < -0.3 is 4.80 Å². The number of hydrogen-bond donors (Lipinski definition) is 1. The van der Waals surface area contributed by atoms with Gasteiger partial charge in [0, 0.05) is 0 Å². The van der Waals surface area contributed by atoms with Gasteiger partial charge in [0.25, 0.3) is 0 Å². The van der Waals surface area contributed by atoms with E-state index < -0.39 is 8.32 Å². The first-order valence-electron chi connectivity index (χ1n) is 9.27. The van der Waals surface area contributed by atoms with E-state index in [9.17, 15) is 4.80 Å². The van der Waals surface area contributed by atoms with Gasteiger partial charge in [-0.15, -0.1) is 0 Å². The number of hydrogen-bond acceptors (Lipinski definition) is 1. The zero-order chi connectivity index (χ0) is 14.3. The average molecular weight is 295 g/mol. The van der Waals surface area contributed by atoms with Gasteiger partial charge in [-0.3, -0.25) is 0 Å². The molecule has 0 heterocycles. The SMILES string of the molecule is CC1CCCC1[Si](O)(C1CCCC1C)C1CCCC1C. The highest BCUT2D eigenvalue weighted by molar-refractivity contribution is 6.77. The summed E-state index contributed by atoms with van der Waals surface area (Å²) in [5.41, 5.74) is 2.16. The third-order valence-electron chi connectivity index (χ3n) is 7.37. The van der Waals surface area contributed by atoms with Gasteiger partial charge in [0.1, 0.15) is 0 Å². The molecule has 3 fully saturated rings. The molecule has 0 aromatic carbocycles. The molecule has 0 amide bonds. The summed E-state index contributed by atoms with van der Waals surface area (Å²) in [7, 11) is -2.14. The van der Waals surface area contributed by atoms with Crippen LogP contribution in [-0.4, -0.2) is 13.1 Å². The van der Waals surface area contributed by atoms with Crippen LogP contribution in [0.2, 0.25) is 16.6 Å². The van der Waals surface area contributed by atoms with E-state index in [1.165, 1.54) is 57.8 Å². The van der Waals surface area contributed by atoms with Gasteiger partial charge in [-0.25, -0.2) is 0 Å². The van der Waals surface area contributed by atoms with Crippen LogP contribution in [0.1, 0.15) is 78.6 Å². The van der Waals surface area contributed by atoms with Gasteiger partial charge in [0.2, 0.25) is 0 Å². The molecule has 0 bridgehead atoms. The summed E-state index contributed by atoms with van der Waals surface area (Å²) in [4.78, 5) is 12.2. The minimum atomic E-state index is -2.14. The van der Waals surface area contributed by atoms with Crippen molar-refractivity contribution < 1.29 is 4.80 Å². The molecule has 3 saturated carbocycles. The number of rotatable bonds is 3. The molecule has 0 spiro atoms. The molecule has 6 atom stereocenters. The Balaban J connectivity index is 1.93. The van der Waals surface area contributed by atoms with Crippen LogP contribution in [0.5, 0.6) is 0 Å². The quantitative estimate of drug-likeness (QED) is 0.682. The second-order valence-corrected chi connectivity index (χ2v) is 12.4. The van der Waals surface area contributed by atoms with Crippen molar-refractivity contribution in [3.8, 4) is 0 Å². The third kappa shape index (κ3) is 2.31. The largest absolute Gasteiger partial charge is 0.431 e. The highest BCUT2D eigenvalue weighted by Gasteiger charge is 2.58. The molecule has 1 N–H and O–H groups in total. The Bertz CT molecular complexity index is 292. The van der Waals surface area contributed by atoms with Crippen LogP contribution in [0, 0.1) is 17.8 Å². The van der Waals surface area contributed by atoms with Crippen LogP contribution >= 0.6 is 0 Å². The monoisotopic (exact) mass is 294 g/mol. The van der Waals surface area contributed by atoms with Crippen molar-refractivity contribution in [2.45, 2.75) is 95.2 Å². The van der Waals surface area contributed by atoms with Crippen molar-refractivity contribution in [3.05, 3.63) is 0 Å². The molecule has 0 radical (unpaired) electrons. The molecule has 3 rings (SSSR count). The lowest BCUT2D eigenvalue weighted by Gasteiger charge is -2.46. The molecule has 0 aromatic heterocycles. The summed E-state index contributed by atoms with van der Waals surface area (Å²) in [5.74, 6) is 2.40. The first kappa shape index (κ1) is 15.1. The molecule has 1 nitrogen and oxygen atoms in total. The molecule has 0 aromatic rings. The highest BCUT2D eigenvalue weighted by atomic mass is 28.4. The average Bonchev–Trinajstić information content (AvgIpc) is 3.10. The molecule has 0 aliphatic heterocycles. The van der Waals surface area contributed by atoms with Gasteiger partial charge in [-0.2, -0.15) is 0 Å². The summed E-state index contributed by atoms with van der Waals surface area (Å²) in [6.07, 6.45) is 12.3. The summed E-state index contributed by atoms with van der Waals surface area (Å²) in [5, 5.41) is 0. The lowest BCUT2D eigenvalue weighted by molar-refractivity contribution is 0.376. The third-order valence-corrected chi connectivity index (χ3v) is 13.5. The van der Waals surface area contributed by atoms with E-state index in [-0.39, 0.29) is 0 Å². The first-order valence-corrected chi connectivity index (χ1v) is 11.5. The minimum Gasteiger partial charge on any atom is -0.431 e. The second kappa shape index (κ2) is 5.76. The fraction of sp³-hybridized carbons (Fsp3) is 1.00. The Morgan fingerprint density at radius 3 is 1.10 bits per heavy atom. The van der Waals surface area contributed by atoms with E-state index in [1.807, 2.05) is 0 Å². The fourth-order valence-electron chi connectivity index (χ4n) is 6.32. The summed E-state index contributed by atoms with van der Waals surface area (Å²) >= 11 is 0. The van der Waals surface area contributed by atoms with Crippen molar-refractivity contribution in [2.24, 2.45) is 17.8 Å². The van der Waals surface area contributed by atoms with Crippen molar-refractivity contribution in [2.75, 3.05) is 0 Å². The predicted octanol–water partition coefficient (Wildman–Crippen LogP) is 5.49. The zero-order valence-electron chi connectivity index (χ0n) is 13.8. The summed E-state index contributed by atoms with van der Waals surface area (Å²) < 4.78 is 0. The minimum absolute atomic E-state index is 0.721. The second-order valence-electron chi connectivity index (χ2n) is 8.43. The maximum atomic E-state index is 12.2. The van der Waals surface area contributed by atoms with Crippen LogP contribution in [0.4, 0.5) is 0 Å². The van der Waals surface area contributed by atoms with Crippen molar-refractivity contribution in [1.29, 1.82) is 0 Å². The lowest BCUT2D eigenvalue weighted by Crippen LogP contribution is -2.52. The predicted molar refractivity (Wildman–Crippen MR) is 88.3 cm³/mol. The maximum Gasteiger partial charge on any atom is 0.198 e. The molecular weight excluding hydrogens is 260 g/mol. The van der Waals surface area contributed by atoms with E-state index >= 15 is 0 Å². The Kier molecular flexibility index (Phi) is 4.34. The molecule has 20 heavy (non-hydrogen) atoms. The maximum absolute atomic E-state index is 12.2. The fourth-order valence-corrected chi connectivity index (χ4v) is 13.2. The Hall–Kier alpha value is 0.177. The van der Waals surface area contributed by atoms with E-state index in [2.05, 4.69) is 20.8 Å². The molecular formula is C18H34OSi. The van der Waals surface area contributed by atoms with Gasteiger partial charge in [0.15, 0.2) is 8.32 Å². The topological polar surface area (TPSA) is 20.2 Å². The van der Waals surface area contributed by atoms with Gasteiger partial charge in [-0.05, 0) is 34.4 Å². The lowest BCUT2D eigenvalue weighted by atomic mass is 10.1. The Morgan fingerprint density at radius 2 is 0.900 bits per heavy atom. The summed E-state index contributed by atoms with van der Waals surface area (Å²) in [6, 6.07) is 0. The van der Waals surface area contributed by atoms with Gasteiger partial charge in [0.05, 0.1) is 0 Å². The zero-order valence-corrected chi connectivity index (χ0v) is 14.8. The summed E-state index contributed by atoms with van der Waals surface area (Å²) in [6.45, 7) is 7.32. The molecule has 0 saturated heterocycles. The molecule has 116 valence electrons. The van der Waals surface area contributed by atoms with E-state index in [0.717, 1.165) is 34.4 Å². The van der Waals surface area contributed by atoms with E-state index in [1.54, 1.807) is 0 Å². The van der Waals surface area contributed by atoms with Crippen LogP contribution in [0.25, 0.3) is 0 Å². The van der Waals surface area contributed by atoms with Crippen LogP contribution in [0.3, 0.4) is 0 Å². The standard InChI is InChI=1S/C18H34OSi/c1-13-7-4-10-16(13)20(19,17-11-5-8-14(17)2)18-12-6-9-15(18)3/h13-19H,4-12H2,1-3H3.